The van der Waals surface area contributed by atoms with Gasteiger partial charge in [-0.05, 0) is 12.3 Å². The Bertz CT molecular complexity index is 273. The molecule has 0 spiro atoms. The zero-order chi connectivity index (χ0) is 12.8. The van der Waals surface area contributed by atoms with Crippen LogP contribution in [0.3, 0.4) is 0 Å². The molecule has 1 saturated heterocycles. The van der Waals surface area contributed by atoms with E-state index in [0.29, 0.717) is 32.2 Å². The van der Waals surface area contributed by atoms with Crippen molar-refractivity contribution in [1.29, 1.82) is 0 Å². The van der Waals surface area contributed by atoms with E-state index in [2.05, 4.69) is 13.8 Å². The number of nitrogens with zero attached hydrogens (tertiary/aromatic N) is 1. The van der Waals surface area contributed by atoms with Crippen LogP contribution in [0.15, 0.2) is 0 Å². The van der Waals surface area contributed by atoms with Crippen molar-refractivity contribution in [2.75, 3.05) is 32.8 Å². The molecule has 1 aliphatic rings. The number of hydrogen-bond acceptors (Lipinski definition) is 4. The molecule has 0 radical (unpaired) electrons. The van der Waals surface area contributed by atoms with Gasteiger partial charge < -0.3 is 10.5 Å². The molecule has 1 amide bonds. The number of carbonyl (C=O) groups is 2. The van der Waals surface area contributed by atoms with Crippen LogP contribution in [-0.2, 0) is 14.3 Å². The Balaban J connectivity index is 2.45. The predicted molar refractivity (Wildman–Crippen MR) is 64.4 cm³/mol. The van der Waals surface area contributed by atoms with Gasteiger partial charge in [-0.3, -0.25) is 14.5 Å². The summed E-state index contributed by atoms with van der Waals surface area (Å²) in [5.41, 5.74) is 5.18. The normalized spacial score (nSPS) is 20.1. The van der Waals surface area contributed by atoms with Crippen LogP contribution in [0.1, 0.15) is 20.3 Å². The lowest BCUT2D eigenvalue weighted by Crippen LogP contribution is -2.41. The third kappa shape index (κ3) is 5.28. The Kier molecular flexibility index (Phi) is 5.58. The summed E-state index contributed by atoms with van der Waals surface area (Å²) in [6.07, 6.45) is 0.797. The number of ketones is 1. The topological polar surface area (TPSA) is 72.6 Å². The molecule has 1 rings (SSSR count). The van der Waals surface area contributed by atoms with E-state index >= 15 is 0 Å². The first-order valence-corrected chi connectivity index (χ1v) is 6.10. The molecule has 1 atom stereocenters. The van der Waals surface area contributed by atoms with Crippen LogP contribution in [0.2, 0.25) is 0 Å². The van der Waals surface area contributed by atoms with Gasteiger partial charge in [-0.25, -0.2) is 0 Å². The van der Waals surface area contributed by atoms with Crippen LogP contribution < -0.4 is 5.73 Å². The van der Waals surface area contributed by atoms with E-state index in [1.165, 1.54) is 0 Å². The van der Waals surface area contributed by atoms with Gasteiger partial charge in [-0.15, -0.1) is 0 Å². The van der Waals surface area contributed by atoms with E-state index in [9.17, 15) is 9.59 Å². The summed E-state index contributed by atoms with van der Waals surface area (Å²) in [6, 6.07) is 0. The van der Waals surface area contributed by atoms with Crippen molar-refractivity contribution in [1.82, 2.24) is 4.90 Å². The van der Waals surface area contributed by atoms with E-state index in [-0.39, 0.29) is 24.2 Å². The molecule has 0 aliphatic carbocycles. The zero-order valence-electron chi connectivity index (χ0n) is 10.6. The quantitative estimate of drug-likeness (QED) is 0.684. The summed E-state index contributed by atoms with van der Waals surface area (Å²) in [5.74, 6) is 0.171. The molecule has 0 aromatic heterocycles. The van der Waals surface area contributed by atoms with Crippen LogP contribution in [0.5, 0.6) is 0 Å². The Morgan fingerprint density at radius 2 is 2.12 bits per heavy atom. The monoisotopic (exact) mass is 242 g/mol. The van der Waals surface area contributed by atoms with Crippen LogP contribution in [0.25, 0.3) is 0 Å². The van der Waals surface area contributed by atoms with E-state index < -0.39 is 0 Å². The van der Waals surface area contributed by atoms with Gasteiger partial charge in [0.05, 0.1) is 19.7 Å². The molecule has 0 aromatic carbocycles. The van der Waals surface area contributed by atoms with Crippen molar-refractivity contribution in [3.63, 3.8) is 0 Å². The highest BCUT2D eigenvalue weighted by molar-refractivity contribution is 5.84. The van der Waals surface area contributed by atoms with E-state index in [1.807, 2.05) is 4.90 Å². The molecule has 2 N–H and O–H groups in total. The number of ether oxygens (including phenoxy) is 1. The predicted octanol–water partition coefficient (Wildman–Crippen LogP) is 0.0353. The lowest BCUT2D eigenvalue weighted by molar-refractivity contribution is -0.125. The number of rotatable bonds is 7. The first-order chi connectivity index (χ1) is 7.99. The van der Waals surface area contributed by atoms with Gasteiger partial charge in [0.2, 0.25) is 5.91 Å². The number of amides is 1. The van der Waals surface area contributed by atoms with E-state index in [4.69, 9.17) is 10.5 Å². The third-order valence-electron chi connectivity index (χ3n) is 2.77. The van der Waals surface area contributed by atoms with Crippen LogP contribution in [0, 0.1) is 11.8 Å². The maximum Gasteiger partial charge on any atom is 0.231 e. The van der Waals surface area contributed by atoms with Crippen molar-refractivity contribution >= 4 is 11.7 Å². The number of nitrogens with two attached hydrogens (primary N) is 1. The lowest BCUT2D eigenvalue weighted by Gasteiger charge is -2.23. The largest absolute Gasteiger partial charge is 0.381 e. The number of primary amides is 1. The first kappa shape index (κ1) is 14.1. The maximum atomic E-state index is 11.9. The molecule has 1 unspecified atom stereocenters. The van der Waals surface area contributed by atoms with Crippen LogP contribution in [-0.4, -0.2) is 49.4 Å². The average molecular weight is 242 g/mol. The lowest BCUT2D eigenvalue weighted by atomic mass is 10.0. The van der Waals surface area contributed by atoms with Gasteiger partial charge in [-0.2, -0.15) is 0 Å². The Labute approximate surface area is 102 Å². The summed E-state index contributed by atoms with van der Waals surface area (Å²) < 4.78 is 5.19. The summed E-state index contributed by atoms with van der Waals surface area (Å²) in [5, 5.41) is 0. The highest BCUT2D eigenvalue weighted by Gasteiger charge is 2.25. The second-order valence-electron chi connectivity index (χ2n) is 5.06. The molecule has 0 bridgehead atoms. The number of hydrogen-bond donors (Lipinski definition) is 1. The van der Waals surface area contributed by atoms with Crippen molar-refractivity contribution in [3.8, 4) is 0 Å². The molecule has 5 nitrogen and oxygen atoms in total. The molecule has 5 heteroatoms. The highest BCUT2D eigenvalue weighted by atomic mass is 16.5. The minimum Gasteiger partial charge on any atom is -0.381 e. The highest BCUT2D eigenvalue weighted by Crippen LogP contribution is 2.14. The SMILES string of the molecule is CC(C)CN(CC(N)=O)CC(=O)C1CCOC1. The average Bonchev–Trinajstić information content (AvgIpc) is 2.67. The van der Waals surface area contributed by atoms with Crippen molar-refractivity contribution in [2.45, 2.75) is 20.3 Å². The van der Waals surface area contributed by atoms with Crippen molar-refractivity contribution in [2.24, 2.45) is 17.6 Å². The van der Waals surface area contributed by atoms with Crippen LogP contribution in [0.4, 0.5) is 0 Å². The smallest absolute Gasteiger partial charge is 0.231 e. The van der Waals surface area contributed by atoms with Gasteiger partial charge in [-0.1, -0.05) is 13.8 Å². The molecule has 1 heterocycles. The minimum absolute atomic E-state index is 0.00228. The van der Waals surface area contributed by atoms with Crippen molar-refractivity contribution < 1.29 is 14.3 Å². The fourth-order valence-corrected chi connectivity index (χ4v) is 2.06. The van der Waals surface area contributed by atoms with Crippen molar-refractivity contribution in [3.05, 3.63) is 0 Å². The van der Waals surface area contributed by atoms with Gasteiger partial charge in [0.15, 0.2) is 5.78 Å². The Hall–Kier alpha value is -0.940. The van der Waals surface area contributed by atoms with Gasteiger partial charge in [0.1, 0.15) is 0 Å². The minimum atomic E-state index is -0.388. The third-order valence-corrected chi connectivity index (χ3v) is 2.77. The second-order valence-corrected chi connectivity index (χ2v) is 5.06. The Morgan fingerprint density at radius 3 is 2.59 bits per heavy atom. The van der Waals surface area contributed by atoms with Gasteiger partial charge in [0, 0.05) is 19.1 Å². The summed E-state index contributed by atoms with van der Waals surface area (Å²) in [4.78, 5) is 24.7. The van der Waals surface area contributed by atoms with E-state index in [0.717, 1.165) is 6.42 Å². The summed E-state index contributed by atoms with van der Waals surface area (Å²) in [7, 11) is 0. The molecule has 17 heavy (non-hydrogen) atoms. The summed E-state index contributed by atoms with van der Waals surface area (Å²) in [6.45, 7) is 6.45. The van der Waals surface area contributed by atoms with Gasteiger partial charge in [0.25, 0.3) is 0 Å². The molecule has 98 valence electrons. The van der Waals surface area contributed by atoms with E-state index in [1.54, 1.807) is 0 Å². The fraction of sp³-hybridized carbons (Fsp3) is 0.833. The molecule has 0 aromatic rings. The first-order valence-electron chi connectivity index (χ1n) is 6.10. The maximum absolute atomic E-state index is 11.9. The molecule has 1 aliphatic heterocycles. The summed E-state index contributed by atoms with van der Waals surface area (Å²) >= 11 is 0. The molecular weight excluding hydrogens is 220 g/mol. The molecular formula is C12H22N2O3. The fourth-order valence-electron chi connectivity index (χ4n) is 2.06. The molecule has 1 fully saturated rings. The van der Waals surface area contributed by atoms with Gasteiger partial charge >= 0.3 is 0 Å². The molecule has 0 saturated carbocycles. The standard InChI is InChI=1S/C12H22N2O3/c1-9(2)5-14(7-12(13)16)6-11(15)10-3-4-17-8-10/h9-10H,3-8H2,1-2H3,(H2,13,16). The number of Topliss-reactive ketones (excluding diaryl/α,β-unsaturated/α-hetero) is 1. The number of carbonyl (C=O) groups excluding carboxylic acids is 2. The van der Waals surface area contributed by atoms with Crippen LogP contribution >= 0.6 is 0 Å². The Morgan fingerprint density at radius 1 is 1.41 bits per heavy atom. The second kappa shape index (κ2) is 6.71. The zero-order valence-corrected chi connectivity index (χ0v) is 10.6.